The smallest absolute Gasteiger partial charge is 0.198 e. The van der Waals surface area contributed by atoms with Gasteiger partial charge in [0.2, 0.25) is 0 Å². The molecule has 4 rings (SSSR count). The van der Waals surface area contributed by atoms with E-state index in [9.17, 15) is 24.3 Å². The number of benzene rings is 1. The first kappa shape index (κ1) is 15.7. The minimum absolute atomic E-state index is 0.0350. The van der Waals surface area contributed by atoms with Gasteiger partial charge in [-0.05, 0) is 49.6 Å². The molecular weight excluding hydrogens is 320 g/mol. The Morgan fingerprint density at radius 1 is 0.840 bits per heavy atom. The van der Waals surface area contributed by atoms with Crippen molar-refractivity contribution in [2.24, 2.45) is 11.8 Å². The second-order valence-electron chi connectivity index (χ2n) is 6.97. The van der Waals surface area contributed by atoms with Crippen LogP contribution in [0.3, 0.4) is 0 Å². The first-order chi connectivity index (χ1) is 11.8. The lowest BCUT2D eigenvalue weighted by Crippen LogP contribution is -2.45. The van der Waals surface area contributed by atoms with Crippen molar-refractivity contribution in [3.63, 3.8) is 0 Å². The molecule has 0 saturated heterocycles. The van der Waals surface area contributed by atoms with Crippen molar-refractivity contribution < 1.29 is 24.3 Å². The molecule has 1 N–H and O–H groups in total. The molecule has 0 fully saturated rings. The summed E-state index contributed by atoms with van der Waals surface area (Å²) >= 11 is 0. The van der Waals surface area contributed by atoms with E-state index >= 15 is 0 Å². The van der Waals surface area contributed by atoms with Crippen molar-refractivity contribution in [1.29, 1.82) is 0 Å². The van der Waals surface area contributed by atoms with Crippen LogP contribution in [-0.2, 0) is 9.59 Å². The van der Waals surface area contributed by atoms with Gasteiger partial charge in [-0.25, -0.2) is 0 Å². The van der Waals surface area contributed by atoms with Crippen molar-refractivity contribution in [2.45, 2.75) is 26.7 Å². The summed E-state index contributed by atoms with van der Waals surface area (Å²) in [5.74, 6) is -3.44. The Bertz CT molecular complexity index is 961. The van der Waals surface area contributed by atoms with Crippen LogP contribution in [0, 0.1) is 25.7 Å². The van der Waals surface area contributed by atoms with Gasteiger partial charge in [-0.15, -0.1) is 0 Å². The molecule has 0 saturated carbocycles. The molecule has 25 heavy (non-hydrogen) atoms. The monoisotopic (exact) mass is 336 g/mol. The zero-order chi connectivity index (χ0) is 18.0. The fourth-order valence-corrected chi connectivity index (χ4v) is 3.97. The number of aliphatic hydroxyl groups is 1. The van der Waals surface area contributed by atoms with E-state index in [4.69, 9.17) is 0 Å². The van der Waals surface area contributed by atoms with Gasteiger partial charge in [0.1, 0.15) is 0 Å². The van der Waals surface area contributed by atoms with E-state index < -0.39 is 35.0 Å². The molecule has 1 aromatic carbocycles. The molecule has 126 valence electrons. The predicted octanol–water partition coefficient (Wildman–Crippen LogP) is 2.60. The van der Waals surface area contributed by atoms with E-state index in [0.29, 0.717) is 0 Å². The van der Waals surface area contributed by atoms with Gasteiger partial charge in [-0.2, -0.15) is 0 Å². The van der Waals surface area contributed by atoms with Gasteiger partial charge in [0.15, 0.2) is 23.1 Å². The number of aliphatic hydroxyl groups excluding tert-OH is 1. The third-order valence-electron chi connectivity index (χ3n) is 5.52. The van der Waals surface area contributed by atoms with Crippen molar-refractivity contribution in [3.8, 4) is 0 Å². The summed E-state index contributed by atoms with van der Waals surface area (Å²) in [6, 6.07) is 3.22. The number of carbonyl (C=O) groups excluding carboxylic acids is 4. The Morgan fingerprint density at radius 2 is 1.32 bits per heavy atom. The zero-order valence-corrected chi connectivity index (χ0v) is 13.9. The maximum Gasteiger partial charge on any atom is 0.198 e. The lowest BCUT2D eigenvalue weighted by atomic mass is 9.64. The zero-order valence-electron chi connectivity index (χ0n) is 13.9. The SMILES string of the molecule is Cc1cc2c(cc1C)C(=O)C1=C(C2=O)C(=O)C2CC=C(O)CC2C1=O. The summed E-state index contributed by atoms with van der Waals surface area (Å²) in [5.41, 5.74) is 1.52. The number of ketones is 4. The second kappa shape index (κ2) is 5.09. The number of carbonyl (C=O) groups is 4. The van der Waals surface area contributed by atoms with E-state index in [1.807, 2.05) is 13.8 Å². The van der Waals surface area contributed by atoms with E-state index in [1.165, 1.54) is 6.08 Å². The minimum Gasteiger partial charge on any atom is -0.513 e. The Balaban J connectivity index is 1.92. The molecule has 0 radical (unpaired) electrons. The van der Waals surface area contributed by atoms with Crippen LogP contribution in [0.2, 0.25) is 0 Å². The van der Waals surface area contributed by atoms with E-state index in [0.717, 1.165) is 11.1 Å². The highest BCUT2D eigenvalue weighted by Crippen LogP contribution is 2.42. The highest BCUT2D eigenvalue weighted by atomic mass is 16.3. The fourth-order valence-electron chi connectivity index (χ4n) is 3.97. The first-order valence-electron chi connectivity index (χ1n) is 8.22. The highest BCUT2D eigenvalue weighted by molar-refractivity contribution is 6.45. The van der Waals surface area contributed by atoms with Crippen molar-refractivity contribution in [2.75, 3.05) is 0 Å². The van der Waals surface area contributed by atoms with E-state index in [-0.39, 0.29) is 40.9 Å². The van der Waals surface area contributed by atoms with Crippen LogP contribution in [0.1, 0.15) is 44.7 Å². The molecule has 0 heterocycles. The molecule has 0 spiro atoms. The van der Waals surface area contributed by atoms with Crippen molar-refractivity contribution in [1.82, 2.24) is 0 Å². The molecule has 1 aromatic rings. The van der Waals surface area contributed by atoms with Crippen LogP contribution >= 0.6 is 0 Å². The first-order valence-corrected chi connectivity index (χ1v) is 8.22. The van der Waals surface area contributed by atoms with Crippen LogP contribution in [0.25, 0.3) is 0 Å². The van der Waals surface area contributed by atoms with Gasteiger partial charge in [0.25, 0.3) is 0 Å². The molecule has 3 aliphatic carbocycles. The molecule has 0 aliphatic heterocycles. The summed E-state index contributed by atoms with van der Waals surface area (Å²) in [6.45, 7) is 3.65. The van der Waals surface area contributed by atoms with Gasteiger partial charge in [-0.1, -0.05) is 0 Å². The molecular formula is C20H16O5. The third-order valence-corrected chi connectivity index (χ3v) is 5.52. The van der Waals surface area contributed by atoms with Gasteiger partial charge in [0.05, 0.1) is 16.9 Å². The standard InChI is InChI=1S/C20H16O5/c1-8-5-12-13(6-9(8)2)19(24)16-15(18(12)23)17(22)11-4-3-10(21)7-14(11)20(16)25/h3,5-6,11,14,21H,4,7H2,1-2H3. The number of allylic oxidation sites excluding steroid dienone is 4. The average Bonchev–Trinajstić information content (AvgIpc) is 2.57. The van der Waals surface area contributed by atoms with Crippen LogP contribution in [-0.4, -0.2) is 28.2 Å². The Kier molecular flexibility index (Phi) is 3.19. The van der Waals surface area contributed by atoms with Gasteiger partial charge in [-0.3, -0.25) is 19.2 Å². The van der Waals surface area contributed by atoms with Gasteiger partial charge in [0, 0.05) is 29.4 Å². The number of hydrogen-bond acceptors (Lipinski definition) is 5. The van der Waals surface area contributed by atoms with Crippen molar-refractivity contribution in [3.05, 3.63) is 57.4 Å². The Hall–Kier alpha value is -2.82. The molecule has 5 nitrogen and oxygen atoms in total. The fraction of sp³-hybridized carbons (Fsp3) is 0.300. The number of aryl methyl sites for hydroxylation is 2. The van der Waals surface area contributed by atoms with E-state index in [1.54, 1.807) is 12.1 Å². The number of Topliss-reactive ketones (excluding diaryl/α,β-unsaturated/α-hetero) is 4. The lowest BCUT2D eigenvalue weighted by molar-refractivity contribution is -0.130. The maximum atomic E-state index is 12.9. The summed E-state index contributed by atoms with van der Waals surface area (Å²) < 4.78 is 0. The van der Waals surface area contributed by atoms with Crippen LogP contribution in [0.5, 0.6) is 0 Å². The molecule has 0 bridgehead atoms. The molecule has 0 aromatic heterocycles. The van der Waals surface area contributed by atoms with Crippen LogP contribution in [0.4, 0.5) is 0 Å². The average molecular weight is 336 g/mol. The lowest BCUT2D eigenvalue weighted by Gasteiger charge is -2.35. The molecule has 3 aliphatic rings. The van der Waals surface area contributed by atoms with Crippen LogP contribution in [0.15, 0.2) is 35.1 Å². The normalized spacial score (nSPS) is 25.4. The number of fused-ring (bicyclic) bond motifs is 2. The largest absolute Gasteiger partial charge is 0.513 e. The second-order valence-corrected chi connectivity index (χ2v) is 6.97. The third kappa shape index (κ3) is 2.02. The summed E-state index contributed by atoms with van der Waals surface area (Å²) in [7, 11) is 0. The van der Waals surface area contributed by atoms with Crippen LogP contribution < -0.4 is 0 Å². The van der Waals surface area contributed by atoms with Crippen molar-refractivity contribution >= 4 is 23.1 Å². The molecule has 2 unspecified atom stereocenters. The minimum atomic E-state index is -0.763. The van der Waals surface area contributed by atoms with Gasteiger partial charge >= 0.3 is 0 Å². The molecule has 2 atom stereocenters. The highest BCUT2D eigenvalue weighted by Gasteiger charge is 2.50. The summed E-state index contributed by atoms with van der Waals surface area (Å²) in [6.07, 6.45) is 1.75. The summed E-state index contributed by atoms with van der Waals surface area (Å²) in [5, 5.41) is 9.72. The molecule has 0 amide bonds. The quantitative estimate of drug-likeness (QED) is 0.736. The maximum absolute atomic E-state index is 12.9. The molecule has 5 heteroatoms. The van der Waals surface area contributed by atoms with Gasteiger partial charge < -0.3 is 5.11 Å². The van der Waals surface area contributed by atoms with E-state index in [2.05, 4.69) is 0 Å². The summed E-state index contributed by atoms with van der Waals surface area (Å²) in [4.78, 5) is 51.6. The predicted molar refractivity (Wildman–Crippen MR) is 88.5 cm³/mol. The Labute approximate surface area is 144 Å². The Morgan fingerprint density at radius 3 is 1.84 bits per heavy atom. The number of hydrogen-bond donors (Lipinski definition) is 1. The topological polar surface area (TPSA) is 88.5 Å². The number of rotatable bonds is 0.